The van der Waals surface area contributed by atoms with E-state index in [-0.39, 0.29) is 17.4 Å². The number of hydrogen-bond acceptors (Lipinski definition) is 5. The van der Waals surface area contributed by atoms with Crippen molar-refractivity contribution in [1.82, 2.24) is 14.7 Å². The van der Waals surface area contributed by atoms with E-state index in [1.165, 1.54) is 0 Å². The molecule has 2 aromatic rings. The lowest BCUT2D eigenvalue weighted by molar-refractivity contribution is 0.576. The Morgan fingerprint density at radius 2 is 2.05 bits per heavy atom. The van der Waals surface area contributed by atoms with Crippen molar-refractivity contribution < 1.29 is 8.42 Å². The van der Waals surface area contributed by atoms with Gasteiger partial charge in [0.15, 0.2) is 5.03 Å². The second kappa shape index (κ2) is 5.33. The quantitative estimate of drug-likeness (QED) is 0.863. The van der Waals surface area contributed by atoms with Crippen LogP contribution in [0.15, 0.2) is 41.6 Å². The van der Waals surface area contributed by atoms with Gasteiger partial charge in [-0.2, -0.15) is 0 Å². The molecule has 2 aromatic heterocycles. The molecule has 0 saturated carbocycles. The Morgan fingerprint density at radius 3 is 2.74 bits per heavy atom. The topological polar surface area (TPSA) is 98.0 Å². The van der Waals surface area contributed by atoms with E-state index in [0.717, 1.165) is 0 Å². The minimum Gasteiger partial charge on any atom is -0.384 e. The van der Waals surface area contributed by atoms with Crippen LogP contribution in [0.3, 0.4) is 0 Å². The summed E-state index contributed by atoms with van der Waals surface area (Å²) in [6.07, 6.45) is 1.60. The predicted molar refractivity (Wildman–Crippen MR) is 71.6 cm³/mol. The predicted octanol–water partition coefficient (Wildman–Crippen LogP) is 0.846. The Balaban J connectivity index is 2.21. The molecular formula is C12H14N4O2S. The number of pyridine rings is 2. The van der Waals surface area contributed by atoms with Gasteiger partial charge in [0.1, 0.15) is 5.82 Å². The molecule has 0 aromatic carbocycles. The molecule has 0 radical (unpaired) electrons. The Hall–Kier alpha value is -1.99. The van der Waals surface area contributed by atoms with Crippen LogP contribution in [0.25, 0.3) is 0 Å². The summed E-state index contributed by atoms with van der Waals surface area (Å²) in [6, 6.07) is 8.48. The first kappa shape index (κ1) is 13.4. The van der Waals surface area contributed by atoms with E-state index in [1.807, 2.05) is 0 Å². The summed E-state index contributed by atoms with van der Waals surface area (Å²) in [4.78, 5) is 7.91. The molecule has 100 valence electrons. The van der Waals surface area contributed by atoms with Crippen molar-refractivity contribution in [2.45, 2.75) is 18.5 Å². The largest absolute Gasteiger partial charge is 0.384 e. The molecule has 0 spiro atoms. The lowest BCUT2D eigenvalue weighted by atomic mass is 10.3. The minimum absolute atomic E-state index is 0.0524. The highest BCUT2D eigenvalue weighted by Crippen LogP contribution is 2.14. The lowest BCUT2D eigenvalue weighted by Crippen LogP contribution is -2.25. The molecule has 6 nitrogen and oxygen atoms in total. The van der Waals surface area contributed by atoms with E-state index >= 15 is 0 Å². The first-order valence-electron chi connectivity index (χ1n) is 5.62. The number of aromatic nitrogens is 2. The fourth-order valence-electron chi connectivity index (χ4n) is 1.54. The average Bonchev–Trinajstić information content (AvgIpc) is 2.40. The molecule has 19 heavy (non-hydrogen) atoms. The molecule has 0 unspecified atom stereocenters. The van der Waals surface area contributed by atoms with Crippen molar-refractivity contribution in [2.24, 2.45) is 0 Å². The van der Waals surface area contributed by atoms with E-state index in [2.05, 4.69) is 14.7 Å². The molecule has 0 aliphatic heterocycles. The van der Waals surface area contributed by atoms with Crippen LogP contribution in [0.5, 0.6) is 0 Å². The molecule has 2 rings (SSSR count). The second-order valence-corrected chi connectivity index (χ2v) is 5.69. The van der Waals surface area contributed by atoms with Crippen LogP contribution >= 0.6 is 0 Å². The minimum atomic E-state index is -3.69. The highest BCUT2D eigenvalue weighted by Gasteiger charge is 2.18. The molecule has 0 saturated heterocycles. The third-order valence-electron chi connectivity index (χ3n) is 2.50. The monoisotopic (exact) mass is 278 g/mol. The zero-order chi connectivity index (χ0) is 13.9. The summed E-state index contributed by atoms with van der Waals surface area (Å²) >= 11 is 0. The number of sulfonamides is 1. The average molecular weight is 278 g/mol. The molecule has 0 aliphatic rings. The van der Waals surface area contributed by atoms with Gasteiger partial charge in [-0.3, -0.25) is 4.98 Å². The van der Waals surface area contributed by atoms with Crippen LogP contribution in [-0.2, 0) is 16.6 Å². The fourth-order valence-corrected chi connectivity index (χ4v) is 2.73. The van der Waals surface area contributed by atoms with Gasteiger partial charge in [-0.1, -0.05) is 12.1 Å². The van der Waals surface area contributed by atoms with Crippen LogP contribution in [0.4, 0.5) is 5.82 Å². The van der Waals surface area contributed by atoms with Crippen molar-refractivity contribution in [3.8, 4) is 0 Å². The molecule has 2 heterocycles. The van der Waals surface area contributed by atoms with Gasteiger partial charge in [0.05, 0.1) is 12.2 Å². The van der Waals surface area contributed by atoms with E-state index in [0.29, 0.717) is 11.3 Å². The van der Waals surface area contributed by atoms with Crippen LogP contribution in [0.2, 0.25) is 0 Å². The highest BCUT2D eigenvalue weighted by molar-refractivity contribution is 7.89. The van der Waals surface area contributed by atoms with Crippen LogP contribution in [-0.4, -0.2) is 18.4 Å². The summed E-state index contributed by atoms with van der Waals surface area (Å²) < 4.78 is 26.7. The first-order chi connectivity index (χ1) is 8.99. The Kier molecular flexibility index (Phi) is 3.77. The maximum atomic E-state index is 12.1. The molecule has 0 atom stereocenters. The van der Waals surface area contributed by atoms with Crippen LogP contribution in [0, 0.1) is 6.92 Å². The van der Waals surface area contributed by atoms with Crippen molar-refractivity contribution in [3.63, 3.8) is 0 Å². The van der Waals surface area contributed by atoms with Gasteiger partial charge in [-0.15, -0.1) is 0 Å². The summed E-state index contributed by atoms with van der Waals surface area (Å²) in [5.41, 5.74) is 6.69. The SMILES string of the molecule is Cc1ccc(N)nc1S(=O)(=O)NCc1ccccn1. The molecule has 3 N–H and O–H groups in total. The van der Waals surface area contributed by atoms with E-state index < -0.39 is 10.0 Å². The third-order valence-corrected chi connectivity index (χ3v) is 3.94. The normalized spacial score (nSPS) is 11.4. The smallest absolute Gasteiger partial charge is 0.258 e. The number of nitrogens with one attached hydrogen (secondary N) is 1. The van der Waals surface area contributed by atoms with Crippen molar-refractivity contribution in [2.75, 3.05) is 5.73 Å². The number of nitrogens with zero attached hydrogens (tertiary/aromatic N) is 2. The third kappa shape index (κ3) is 3.27. The fraction of sp³-hybridized carbons (Fsp3) is 0.167. The molecular weight excluding hydrogens is 264 g/mol. The van der Waals surface area contributed by atoms with E-state index in [1.54, 1.807) is 43.5 Å². The number of hydrogen-bond donors (Lipinski definition) is 2. The summed E-state index contributed by atoms with van der Waals surface area (Å²) in [7, 11) is -3.69. The maximum absolute atomic E-state index is 12.1. The van der Waals surface area contributed by atoms with Crippen molar-refractivity contribution in [3.05, 3.63) is 47.8 Å². The summed E-state index contributed by atoms with van der Waals surface area (Å²) in [5, 5.41) is -0.0524. The standard InChI is InChI=1S/C12H14N4O2S/c1-9-5-6-11(13)16-12(9)19(17,18)15-8-10-4-2-3-7-14-10/h2-7,15H,8H2,1H3,(H2,13,16). The van der Waals surface area contributed by atoms with Crippen molar-refractivity contribution in [1.29, 1.82) is 0 Å². The van der Waals surface area contributed by atoms with Gasteiger partial charge in [-0.05, 0) is 30.7 Å². The number of rotatable bonds is 4. The second-order valence-electron chi connectivity index (χ2n) is 4.00. The number of nitrogen functional groups attached to an aromatic ring is 1. The van der Waals surface area contributed by atoms with E-state index in [9.17, 15) is 8.42 Å². The van der Waals surface area contributed by atoms with Gasteiger partial charge in [-0.25, -0.2) is 18.1 Å². The zero-order valence-electron chi connectivity index (χ0n) is 10.4. The number of aryl methyl sites for hydroxylation is 1. The van der Waals surface area contributed by atoms with E-state index in [4.69, 9.17) is 5.73 Å². The van der Waals surface area contributed by atoms with Crippen molar-refractivity contribution >= 4 is 15.8 Å². The van der Waals surface area contributed by atoms with Gasteiger partial charge < -0.3 is 5.73 Å². The maximum Gasteiger partial charge on any atom is 0.258 e. The number of anilines is 1. The Morgan fingerprint density at radius 1 is 1.26 bits per heavy atom. The van der Waals surface area contributed by atoms with Gasteiger partial charge in [0.2, 0.25) is 0 Å². The molecule has 0 amide bonds. The number of nitrogens with two attached hydrogens (primary N) is 1. The zero-order valence-corrected chi connectivity index (χ0v) is 11.2. The molecule has 7 heteroatoms. The summed E-state index contributed by atoms with van der Waals surface area (Å²) in [6.45, 7) is 1.78. The highest BCUT2D eigenvalue weighted by atomic mass is 32.2. The van der Waals surface area contributed by atoms with Gasteiger partial charge >= 0.3 is 0 Å². The molecule has 0 aliphatic carbocycles. The van der Waals surface area contributed by atoms with Crippen LogP contribution < -0.4 is 10.5 Å². The Labute approximate surface area is 111 Å². The Bertz CT molecular complexity index is 671. The first-order valence-corrected chi connectivity index (χ1v) is 7.10. The molecule has 0 bridgehead atoms. The van der Waals surface area contributed by atoms with Crippen LogP contribution in [0.1, 0.15) is 11.3 Å². The van der Waals surface area contributed by atoms with Gasteiger partial charge in [0, 0.05) is 6.20 Å². The molecule has 0 fully saturated rings. The van der Waals surface area contributed by atoms with Gasteiger partial charge in [0.25, 0.3) is 10.0 Å². The lowest BCUT2D eigenvalue weighted by Gasteiger charge is -2.08. The summed E-state index contributed by atoms with van der Waals surface area (Å²) in [5.74, 6) is 0.170.